The lowest BCUT2D eigenvalue weighted by Crippen LogP contribution is -2.47. The first-order chi connectivity index (χ1) is 13.3. The van der Waals surface area contributed by atoms with Crippen molar-refractivity contribution < 1.29 is 4.39 Å². The Morgan fingerprint density at radius 3 is 2.41 bits per heavy atom. The monoisotopic (exact) mass is 365 g/mol. The number of hydrogen-bond acceptors (Lipinski definition) is 7. The Hall–Kier alpha value is -3.29. The van der Waals surface area contributed by atoms with Gasteiger partial charge in [-0.15, -0.1) is 5.10 Å². The van der Waals surface area contributed by atoms with Crippen molar-refractivity contribution in [2.75, 3.05) is 41.3 Å². The number of nitrogens with zero attached hydrogens (tertiary/aromatic N) is 6. The van der Waals surface area contributed by atoms with Crippen LogP contribution >= 0.6 is 0 Å². The molecule has 0 radical (unpaired) electrons. The van der Waals surface area contributed by atoms with Crippen LogP contribution in [0.5, 0.6) is 0 Å². The Balaban J connectivity index is 1.37. The van der Waals surface area contributed by atoms with Crippen LogP contribution in [0.15, 0.2) is 54.9 Å². The SMILES string of the molecule is Fc1ccccc1CNc1nncc(N2CCN(c3ccccn3)CC2)n1. The summed E-state index contributed by atoms with van der Waals surface area (Å²) < 4.78 is 13.7. The van der Waals surface area contributed by atoms with Gasteiger partial charge in [-0.25, -0.2) is 9.37 Å². The molecule has 1 fully saturated rings. The van der Waals surface area contributed by atoms with E-state index in [1.165, 1.54) is 6.07 Å². The second-order valence-electron chi connectivity index (χ2n) is 6.25. The maximum Gasteiger partial charge on any atom is 0.244 e. The summed E-state index contributed by atoms with van der Waals surface area (Å²) in [6, 6.07) is 12.6. The molecule has 1 N–H and O–H groups in total. The van der Waals surface area contributed by atoms with E-state index in [0.29, 0.717) is 18.1 Å². The molecule has 1 aliphatic heterocycles. The average molecular weight is 365 g/mol. The highest BCUT2D eigenvalue weighted by Gasteiger charge is 2.19. The lowest BCUT2D eigenvalue weighted by molar-refractivity contribution is 0.612. The quantitative estimate of drug-likeness (QED) is 0.744. The number of halogens is 1. The van der Waals surface area contributed by atoms with Gasteiger partial charge in [-0.05, 0) is 18.2 Å². The average Bonchev–Trinajstić information content (AvgIpc) is 2.74. The van der Waals surface area contributed by atoms with Crippen molar-refractivity contribution in [1.82, 2.24) is 20.2 Å². The summed E-state index contributed by atoms with van der Waals surface area (Å²) in [5.74, 6) is 1.90. The molecule has 7 nitrogen and oxygen atoms in total. The van der Waals surface area contributed by atoms with Crippen molar-refractivity contribution >= 4 is 17.6 Å². The lowest BCUT2D eigenvalue weighted by atomic mass is 10.2. The Bertz CT molecular complexity index is 882. The van der Waals surface area contributed by atoms with Crippen molar-refractivity contribution in [3.8, 4) is 0 Å². The first-order valence-electron chi connectivity index (χ1n) is 8.87. The fourth-order valence-corrected chi connectivity index (χ4v) is 3.04. The van der Waals surface area contributed by atoms with Crippen molar-refractivity contribution in [2.45, 2.75) is 6.54 Å². The predicted molar refractivity (Wildman–Crippen MR) is 102 cm³/mol. The molecule has 0 aliphatic carbocycles. The van der Waals surface area contributed by atoms with Crippen LogP contribution in [0.3, 0.4) is 0 Å². The predicted octanol–water partition coefficient (Wildman–Crippen LogP) is 2.34. The van der Waals surface area contributed by atoms with Crippen molar-refractivity contribution in [2.24, 2.45) is 0 Å². The molecule has 3 aromatic rings. The molecule has 1 aliphatic rings. The molecule has 1 saturated heterocycles. The van der Waals surface area contributed by atoms with Gasteiger partial charge < -0.3 is 15.1 Å². The number of rotatable bonds is 5. The Kier molecular flexibility index (Phi) is 5.04. The highest BCUT2D eigenvalue weighted by atomic mass is 19.1. The van der Waals surface area contributed by atoms with Crippen molar-refractivity contribution in [3.63, 3.8) is 0 Å². The third-order valence-electron chi connectivity index (χ3n) is 4.52. The van der Waals surface area contributed by atoms with E-state index in [4.69, 9.17) is 0 Å². The molecule has 0 amide bonds. The van der Waals surface area contributed by atoms with E-state index in [-0.39, 0.29) is 5.82 Å². The molecule has 0 unspecified atom stereocenters. The first kappa shape index (κ1) is 17.1. The summed E-state index contributed by atoms with van der Waals surface area (Å²) in [5.41, 5.74) is 0.565. The zero-order valence-electron chi connectivity index (χ0n) is 14.8. The zero-order chi connectivity index (χ0) is 18.5. The van der Waals surface area contributed by atoms with Gasteiger partial charge in [0.2, 0.25) is 5.95 Å². The fraction of sp³-hybridized carbons (Fsp3) is 0.263. The standard InChI is InChI=1S/C19H20FN7/c20-16-6-2-1-5-15(16)13-22-19-24-18(14-23-25-19)27-11-9-26(10-12-27)17-7-3-4-8-21-17/h1-8,14H,9-13H2,(H,22,24,25). The number of pyridine rings is 1. The van der Waals surface area contributed by atoms with Crippen LogP contribution in [0.4, 0.5) is 22.0 Å². The van der Waals surface area contributed by atoms with Crippen LogP contribution in [0.1, 0.15) is 5.56 Å². The van der Waals surface area contributed by atoms with Crippen molar-refractivity contribution in [1.29, 1.82) is 0 Å². The van der Waals surface area contributed by atoms with Gasteiger partial charge in [0.15, 0.2) is 5.82 Å². The lowest BCUT2D eigenvalue weighted by Gasteiger charge is -2.35. The molecule has 0 atom stereocenters. The summed E-state index contributed by atoms with van der Waals surface area (Å²) in [4.78, 5) is 13.3. The molecule has 1 aromatic carbocycles. The minimum Gasteiger partial charge on any atom is -0.353 e. The molecule has 3 heterocycles. The second kappa shape index (κ2) is 7.94. The van der Waals surface area contributed by atoms with Gasteiger partial charge in [0, 0.05) is 44.5 Å². The van der Waals surface area contributed by atoms with Crippen molar-refractivity contribution in [3.05, 3.63) is 66.2 Å². The Morgan fingerprint density at radius 1 is 0.926 bits per heavy atom. The number of piperazine rings is 1. The van der Waals surface area contributed by atoms with Gasteiger partial charge in [-0.1, -0.05) is 24.3 Å². The summed E-state index contributed by atoms with van der Waals surface area (Å²) in [6.07, 6.45) is 3.47. The summed E-state index contributed by atoms with van der Waals surface area (Å²) in [7, 11) is 0. The van der Waals surface area contributed by atoms with E-state index in [9.17, 15) is 4.39 Å². The maximum absolute atomic E-state index is 13.7. The molecule has 4 rings (SSSR count). The summed E-state index contributed by atoms with van der Waals surface area (Å²) >= 11 is 0. The topological polar surface area (TPSA) is 70.1 Å². The minimum absolute atomic E-state index is 0.250. The van der Waals surface area contributed by atoms with Gasteiger partial charge in [0.1, 0.15) is 11.6 Å². The summed E-state index contributed by atoms with van der Waals surface area (Å²) in [6.45, 7) is 3.67. The number of anilines is 3. The molecule has 2 aromatic heterocycles. The Morgan fingerprint density at radius 2 is 1.67 bits per heavy atom. The summed E-state index contributed by atoms with van der Waals surface area (Å²) in [5, 5.41) is 11.1. The highest BCUT2D eigenvalue weighted by molar-refractivity contribution is 5.45. The molecular weight excluding hydrogens is 345 g/mol. The van der Waals surface area contributed by atoms with Crippen LogP contribution in [-0.4, -0.2) is 46.3 Å². The Labute approximate surface area is 156 Å². The molecule has 0 spiro atoms. The normalized spacial score (nSPS) is 14.3. The zero-order valence-corrected chi connectivity index (χ0v) is 14.8. The molecule has 0 saturated carbocycles. The largest absolute Gasteiger partial charge is 0.353 e. The van der Waals surface area contributed by atoms with Gasteiger partial charge in [0.25, 0.3) is 0 Å². The number of hydrogen-bond donors (Lipinski definition) is 1. The van der Waals surface area contributed by atoms with Gasteiger partial charge in [-0.2, -0.15) is 10.1 Å². The van der Waals surface area contributed by atoms with Crippen LogP contribution in [0.25, 0.3) is 0 Å². The smallest absolute Gasteiger partial charge is 0.244 e. The van der Waals surface area contributed by atoms with Crippen LogP contribution in [0.2, 0.25) is 0 Å². The second-order valence-corrected chi connectivity index (χ2v) is 6.25. The first-order valence-corrected chi connectivity index (χ1v) is 8.87. The minimum atomic E-state index is -0.250. The fourth-order valence-electron chi connectivity index (χ4n) is 3.04. The molecular formula is C19H20FN7. The van der Waals surface area contributed by atoms with E-state index in [0.717, 1.165) is 37.8 Å². The molecule has 0 bridgehead atoms. The van der Waals surface area contributed by atoms with Gasteiger partial charge >= 0.3 is 0 Å². The van der Waals surface area contributed by atoms with E-state index in [1.54, 1.807) is 24.4 Å². The van der Waals surface area contributed by atoms with E-state index in [2.05, 4.69) is 35.3 Å². The number of benzene rings is 1. The van der Waals surface area contributed by atoms with E-state index < -0.39 is 0 Å². The third kappa shape index (κ3) is 4.11. The third-order valence-corrected chi connectivity index (χ3v) is 4.52. The molecule has 138 valence electrons. The molecule has 27 heavy (non-hydrogen) atoms. The maximum atomic E-state index is 13.7. The number of aromatic nitrogens is 4. The van der Waals surface area contributed by atoms with E-state index in [1.807, 2.05) is 24.4 Å². The highest BCUT2D eigenvalue weighted by Crippen LogP contribution is 2.17. The van der Waals surface area contributed by atoms with Gasteiger partial charge in [0.05, 0.1) is 6.20 Å². The van der Waals surface area contributed by atoms with Crippen LogP contribution in [0, 0.1) is 5.82 Å². The van der Waals surface area contributed by atoms with Crippen LogP contribution < -0.4 is 15.1 Å². The number of nitrogens with one attached hydrogen (secondary N) is 1. The molecule has 8 heteroatoms. The van der Waals surface area contributed by atoms with Crippen LogP contribution in [-0.2, 0) is 6.54 Å². The van der Waals surface area contributed by atoms with E-state index >= 15 is 0 Å². The van der Waals surface area contributed by atoms with Gasteiger partial charge in [-0.3, -0.25) is 0 Å².